The van der Waals surface area contributed by atoms with Gasteiger partial charge < -0.3 is 14.1 Å². The van der Waals surface area contributed by atoms with E-state index in [9.17, 15) is 9.59 Å². The number of carbonyl (C=O) groups excluding carboxylic acids is 1. The zero-order valence-corrected chi connectivity index (χ0v) is 18.2. The molecule has 0 spiro atoms. The van der Waals surface area contributed by atoms with Crippen molar-refractivity contribution in [1.82, 2.24) is 4.90 Å². The first-order chi connectivity index (χ1) is 15.0. The van der Waals surface area contributed by atoms with Crippen molar-refractivity contribution in [2.75, 3.05) is 13.2 Å². The van der Waals surface area contributed by atoms with E-state index in [4.69, 9.17) is 9.15 Å². The molecule has 1 atom stereocenters. The van der Waals surface area contributed by atoms with Crippen LogP contribution >= 0.6 is 0 Å². The van der Waals surface area contributed by atoms with E-state index < -0.39 is 6.04 Å². The second-order valence-corrected chi connectivity index (χ2v) is 8.05. The maximum absolute atomic E-state index is 13.6. The predicted molar refractivity (Wildman–Crippen MR) is 122 cm³/mol. The average Bonchev–Trinajstić information content (AvgIpc) is 3.01. The molecule has 160 valence electrons. The lowest BCUT2D eigenvalue weighted by molar-refractivity contribution is 0.0748. The Labute approximate surface area is 181 Å². The molecule has 0 bridgehead atoms. The highest BCUT2D eigenvalue weighted by Crippen LogP contribution is 2.39. The van der Waals surface area contributed by atoms with Crippen LogP contribution in [0.25, 0.3) is 11.0 Å². The van der Waals surface area contributed by atoms with E-state index in [1.54, 1.807) is 11.0 Å². The number of unbranched alkanes of at least 4 members (excludes halogenated alkanes) is 1. The molecule has 0 N–H and O–H groups in total. The highest BCUT2D eigenvalue weighted by Gasteiger charge is 2.42. The molecule has 1 aliphatic rings. The fourth-order valence-electron chi connectivity index (χ4n) is 4.27. The number of amides is 1. The Morgan fingerprint density at radius 2 is 1.90 bits per heavy atom. The highest BCUT2D eigenvalue weighted by atomic mass is 16.5. The van der Waals surface area contributed by atoms with Crippen LogP contribution in [0.1, 0.15) is 58.6 Å². The zero-order valence-electron chi connectivity index (χ0n) is 18.2. The zero-order chi connectivity index (χ0) is 22.1. The Kier molecular flexibility index (Phi) is 5.68. The van der Waals surface area contributed by atoms with E-state index in [-0.39, 0.29) is 17.1 Å². The monoisotopic (exact) mass is 417 g/mol. The van der Waals surface area contributed by atoms with Crippen LogP contribution in [-0.2, 0) is 0 Å². The lowest BCUT2D eigenvalue weighted by Gasteiger charge is -2.24. The number of hydrogen-bond donors (Lipinski definition) is 0. The maximum atomic E-state index is 13.6. The van der Waals surface area contributed by atoms with Crippen molar-refractivity contribution in [3.8, 4) is 5.75 Å². The summed E-state index contributed by atoms with van der Waals surface area (Å²) in [4.78, 5) is 28.4. The van der Waals surface area contributed by atoms with Gasteiger partial charge in [0.15, 0.2) is 5.43 Å². The summed E-state index contributed by atoms with van der Waals surface area (Å²) in [7, 11) is 0. The number of hydrogen-bond acceptors (Lipinski definition) is 4. The summed E-state index contributed by atoms with van der Waals surface area (Å²) in [6.07, 6.45) is 3.73. The van der Waals surface area contributed by atoms with Crippen molar-refractivity contribution in [2.45, 2.75) is 39.7 Å². The first kappa shape index (κ1) is 20.9. The molecule has 1 aromatic heterocycles. The van der Waals surface area contributed by atoms with Crippen molar-refractivity contribution >= 4 is 16.9 Å². The molecule has 3 aromatic rings. The molecule has 0 fully saturated rings. The minimum Gasteiger partial charge on any atom is -0.494 e. The van der Waals surface area contributed by atoms with E-state index in [0.717, 1.165) is 35.3 Å². The van der Waals surface area contributed by atoms with Gasteiger partial charge in [-0.15, -0.1) is 6.58 Å². The summed E-state index contributed by atoms with van der Waals surface area (Å²) in [6.45, 7) is 10.7. The number of fused-ring (bicyclic) bond motifs is 2. The molecule has 1 unspecified atom stereocenters. The first-order valence-corrected chi connectivity index (χ1v) is 10.7. The van der Waals surface area contributed by atoms with Gasteiger partial charge in [-0.1, -0.05) is 37.6 Å². The molecule has 0 radical (unpaired) electrons. The quantitative estimate of drug-likeness (QED) is 0.386. The molecule has 2 aromatic carbocycles. The molecular weight excluding hydrogens is 390 g/mol. The molecular formula is C26H27NO4. The number of nitrogens with zero attached hydrogens (tertiary/aromatic N) is 1. The molecule has 4 rings (SSSR count). The Morgan fingerprint density at radius 3 is 2.58 bits per heavy atom. The van der Waals surface area contributed by atoms with Gasteiger partial charge in [0.05, 0.1) is 23.6 Å². The van der Waals surface area contributed by atoms with Gasteiger partial charge in [0, 0.05) is 6.54 Å². The predicted octanol–water partition coefficient (Wildman–Crippen LogP) is 5.32. The second-order valence-electron chi connectivity index (χ2n) is 8.05. The minimum absolute atomic E-state index is 0.123. The molecule has 2 heterocycles. The maximum Gasteiger partial charge on any atom is 0.291 e. The molecule has 1 aliphatic heterocycles. The van der Waals surface area contributed by atoms with E-state index in [1.807, 2.05) is 50.2 Å². The summed E-state index contributed by atoms with van der Waals surface area (Å²) in [5, 5.41) is 0.530. The van der Waals surface area contributed by atoms with Crippen LogP contribution in [0.3, 0.4) is 0 Å². The molecule has 1 amide bonds. The van der Waals surface area contributed by atoms with E-state index in [2.05, 4.69) is 13.5 Å². The Morgan fingerprint density at radius 1 is 1.16 bits per heavy atom. The van der Waals surface area contributed by atoms with Crippen molar-refractivity contribution in [1.29, 1.82) is 0 Å². The largest absolute Gasteiger partial charge is 0.494 e. The van der Waals surface area contributed by atoms with Crippen molar-refractivity contribution in [2.24, 2.45) is 0 Å². The van der Waals surface area contributed by atoms with Crippen LogP contribution in [0.5, 0.6) is 5.75 Å². The van der Waals surface area contributed by atoms with Gasteiger partial charge in [-0.25, -0.2) is 0 Å². The fourth-order valence-corrected chi connectivity index (χ4v) is 4.27. The lowest BCUT2D eigenvalue weighted by Crippen LogP contribution is -2.29. The van der Waals surface area contributed by atoms with Crippen molar-refractivity contribution < 1.29 is 13.9 Å². The van der Waals surface area contributed by atoms with Crippen LogP contribution < -0.4 is 10.2 Å². The second kappa shape index (κ2) is 8.42. The molecule has 5 heteroatoms. The van der Waals surface area contributed by atoms with Gasteiger partial charge in [0.2, 0.25) is 5.76 Å². The highest BCUT2D eigenvalue weighted by molar-refractivity contribution is 5.99. The van der Waals surface area contributed by atoms with Crippen LogP contribution in [-0.4, -0.2) is 24.0 Å². The smallest absolute Gasteiger partial charge is 0.291 e. The Bertz CT molecular complexity index is 1210. The number of benzene rings is 2. The van der Waals surface area contributed by atoms with Crippen molar-refractivity contribution in [3.63, 3.8) is 0 Å². The van der Waals surface area contributed by atoms with Crippen LogP contribution in [0, 0.1) is 13.8 Å². The van der Waals surface area contributed by atoms with Crippen LogP contribution in [0.2, 0.25) is 0 Å². The minimum atomic E-state index is -0.522. The van der Waals surface area contributed by atoms with Gasteiger partial charge in [-0.2, -0.15) is 0 Å². The van der Waals surface area contributed by atoms with Gasteiger partial charge in [-0.3, -0.25) is 9.59 Å². The van der Waals surface area contributed by atoms with Gasteiger partial charge in [0.1, 0.15) is 11.3 Å². The molecule has 0 aliphatic carbocycles. The number of aryl methyl sites for hydroxylation is 2. The summed E-state index contributed by atoms with van der Waals surface area (Å²) in [5.74, 6) is 0.604. The van der Waals surface area contributed by atoms with Gasteiger partial charge >= 0.3 is 0 Å². The molecule has 5 nitrogen and oxygen atoms in total. The summed E-state index contributed by atoms with van der Waals surface area (Å²) in [6, 6.07) is 10.8. The lowest BCUT2D eigenvalue weighted by atomic mass is 9.97. The van der Waals surface area contributed by atoms with Crippen LogP contribution in [0.15, 0.2) is 58.3 Å². The first-order valence-electron chi connectivity index (χ1n) is 10.7. The average molecular weight is 418 g/mol. The third-order valence-electron chi connectivity index (χ3n) is 5.70. The normalized spacial score (nSPS) is 15.4. The Hall–Kier alpha value is -3.34. The standard InChI is InChI=1S/C26H27NO4/c1-5-7-13-30-19-10-8-18(9-11-19)23-22-24(28)21-17(4)14-16(3)15-20(21)31-25(22)26(29)27(23)12-6-2/h6,8-11,14-15,23H,2,5,7,12-13H2,1,3-4H3. The van der Waals surface area contributed by atoms with Crippen molar-refractivity contribution in [3.05, 3.63) is 87.3 Å². The van der Waals surface area contributed by atoms with Gasteiger partial charge in [0.25, 0.3) is 5.91 Å². The Balaban J connectivity index is 1.85. The third-order valence-corrected chi connectivity index (χ3v) is 5.70. The number of rotatable bonds is 7. The summed E-state index contributed by atoms with van der Waals surface area (Å²) in [5.41, 5.74) is 3.37. The van der Waals surface area contributed by atoms with E-state index in [0.29, 0.717) is 29.7 Å². The molecule has 0 saturated heterocycles. The molecule has 31 heavy (non-hydrogen) atoms. The SMILES string of the molecule is C=CCN1C(=O)c2oc3cc(C)cc(C)c3c(=O)c2C1c1ccc(OCCCC)cc1. The number of ether oxygens (including phenoxy) is 1. The fraction of sp³-hybridized carbons (Fsp3) is 0.308. The molecule has 0 saturated carbocycles. The van der Waals surface area contributed by atoms with E-state index in [1.165, 1.54) is 0 Å². The topological polar surface area (TPSA) is 59.8 Å². The van der Waals surface area contributed by atoms with Gasteiger partial charge in [-0.05, 0) is 55.2 Å². The van der Waals surface area contributed by atoms with Crippen LogP contribution in [0.4, 0.5) is 0 Å². The summed E-state index contributed by atoms with van der Waals surface area (Å²) < 4.78 is 11.8. The number of carbonyl (C=O) groups is 1. The van der Waals surface area contributed by atoms with E-state index >= 15 is 0 Å². The summed E-state index contributed by atoms with van der Waals surface area (Å²) >= 11 is 0. The third kappa shape index (κ3) is 3.65.